The highest BCUT2D eigenvalue weighted by atomic mass is 19.1. The number of methoxy groups -OCH3 is 1. The number of phenolic OH excluding ortho intramolecular Hbond substituents is 1. The third-order valence-electron chi connectivity index (χ3n) is 3.16. The minimum absolute atomic E-state index is 0.127. The zero-order chi connectivity index (χ0) is 15.4. The average molecular weight is 289 g/mol. The summed E-state index contributed by atoms with van der Waals surface area (Å²) >= 11 is 0. The van der Waals surface area contributed by atoms with Crippen LogP contribution in [0.3, 0.4) is 0 Å². The number of benzene rings is 2. The lowest BCUT2D eigenvalue weighted by molar-refractivity contribution is 0.0600. The van der Waals surface area contributed by atoms with Crippen molar-refractivity contribution >= 4 is 11.7 Å². The fraction of sp³-hybridized carbons (Fsp3) is 0.188. The van der Waals surface area contributed by atoms with Crippen LogP contribution in [0.25, 0.3) is 0 Å². The van der Waals surface area contributed by atoms with Crippen molar-refractivity contribution in [2.45, 2.75) is 13.0 Å². The molecule has 2 rings (SSSR count). The van der Waals surface area contributed by atoms with Gasteiger partial charge in [0.1, 0.15) is 11.6 Å². The van der Waals surface area contributed by atoms with Crippen LogP contribution in [0.2, 0.25) is 0 Å². The third kappa shape index (κ3) is 3.31. The Kier molecular flexibility index (Phi) is 4.42. The Labute approximate surface area is 122 Å². The van der Waals surface area contributed by atoms with Gasteiger partial charge in [0.2, 0.25) is 0 Å². The number of aromatic hydroxyl groups is 1. The van der Waals surface area contributed by atoms with Crippen LogP contribution in [0.15, 0.2) is 42.5 Å². The number of halogens is 1. The van der Waals surface area contributed by atoms with E-state index in [1.54, 1.807) is 31.2 Å². The number of nitrogens with one attached hydrogen (secondary N) is 1. The maximum atomic E-state index is 13.8. The normalized spacial score (nSPS) is 11.8. The molecule has 0 aliphatic heterocycles. The molecule has 110 valence electrons. The number of carbonyl (C=O) groups excluding carboxylic acids is 1. The highest BCUT2D eigenvalue weighted by Gasteiger charge is 2.14. The number of anilines is 1. The van der Waals surface area contributed by atoms with E-state index < -0.39 is 11.8 Å². The molecule has 0 saturated carbocycles. The molecule has 21 heavy (non-hydrogen) atoms. The summed E-state index contributed by atoms with van der Waals surface area (Å²) in [7, 11) is 1.27. The van der Waals surface area contributed by atoms with Gasteiger partial charge in [-0.1, -0.05) is 18.2 Å². The van der Waals surface area contributed by atoms with Gasteiger partial charge in [0.05, 0.1) is 24.4 Å². The Balaban J connectivity index is 2.27. The van der Waals surface area contributed by atoms with Gasteiger partial charge in [0.15, 0.2) is 0 Å². The monoisotopic (exact) mass is 289 g/mol. The molecule has 0 saturated heterocycles. The summed E-state index contributed by atoms with van der Waals surface area (Å²) in [6.07, 6.45) is 0. The zero-order valence-corrected chi connectivity index (χ0v) is 11.8. The van der Waals surface area contributed by atoms with Crippen LogP contribution in [-0.4, -0.2) is 18.2 Å². The fourth-order valence-electron chi connectivity index (χ4n) is 2.05. The van der Waals surface area contributed by atoms with E-state index in [9.17, 15) is 14.3 Å². The van der Waals surface area contributed by atoms with E-state index in [1.165, 1.54) is 25.3 Å². The Morgan fingerprint density at radius 3 is 2.67 bits per heavy atom. The van der Waals surface area contributed by atoms with Gasteiger partial charge in [-0.25, -0.2) is 9.18 Å². The molecule has 2 aromatic rings. The van der Waals surface area contributed by atoms with Crippen molar-refractivity contribution in [2.75, 3.05) is 12.4 Å². The fourth-order valence-corrected chi connectivity index (χ4v) is 2.05. The zero-order valence-electron chi connectivity index (χ0n) is 11.8. The highest BCUT2D eigenvalue weighted by Crippen LogP contribution is 2.28. The van der Waals surface area contributed by atoms with E-state index in [0.717, 1.165) is 0 Å². The molecular weight excluding hydrogens is 273 g/mol. The Morgan fingerprint density at radius 2 is 2.00 bits per heavy atom. The van der Waals surface area contributed by atoms with Crippen LogP contribution in [0.4, 0.5) is 10.1 Å². The van der Waals surface area contributed by atoms with E-state index in [0.29, 0.717) is 5.56 Å². The second-order valence-corrected chi connectivity index (χ2v) is 4.61. The topological polar surface area (TPSA) is 58.6 Å². The predicted molar refractivity (Wildman–Crippen MR) is 77.9 cm³/mol. The number of hydrogen-bond acceptors (Lipinski definition) is 4. The van der Waals surface area contributed by atoms with Crippen molar-refractivity contribution < 1.29 is 19.0 Å². The number of para-hydroxylation sites is 1. The molecule has 0 aromatic heterocycles. The first kappa shape index (κ1) is 14.8. The molecular formula is C16H16FNO3. The summed E-state index contributed by atoms with van der Waals surface area (Å²) < 4.78 is 18.4. The SMILES string of the molecule is COC(=O)c1ccc(F)c(NC(C)c2ccccc2O)c1. The lowest BCUT2D eigenvalue weighted by Crippen LogP contribution is -2.10. The maximum Gasteiger partial charge on any atom is 0.337 e. The Hall–Kier alpha value is -2.56. The lowest BCUT2D eigenvalue weighted by atomic mass is 10.1. The minimum Gasteiger partial charge on any atom is -0.508 e. The standard InChI is InChI=1S/C16H16FNO3/c1-10(12-5-3-4-6-15(12)19)18-14-9-11(16(20)21-2)7-8-13(14)17/h3-10,18-19H,1-2H3. The lowest BCUT2D eigenvalue weighted by Gasteiger charge is -2.17. The summed E-state index contributed by atoms with van der Waals surface area (Å²) in [4.78, 5) is 11.5. The molecule has 5 heteroatoms. The van der Waals surface area contributed by atoms with Crippen molar-refractivity contribution in [3.8, 4) is 5.75 Å². The molecule has 0 amide bonds. The van der Waals surface area contributed by atoms with Gasteiger partial charge >= 0.3 is 5.97 Å². The van der Waals surface area contributed by atoms with E-state index >= 15 is 0 Å². The van der Waals surface area contributed by atoms with Crippen molar-refractivity contribution in [3.05, 3.63) is 59.4 Å². The molecule has 0 fully saturated rings. The van der Waals surface area contributed by atoms with Crippen molar-refractivity contribution in [1.82, 2.24) is 0 Å². The summed E-state index contributed by atoms with van der Waals surface area (Å²) in [6, 6.07) is 10.4. The molecule has 0 spiro atoms. The highest BCUT2D eigenvalue weighted by molar-refractivity contribution is 5.90. The van der Waals surface area contributed by atoms with Gasteiger partial charge in [-0.2, -0.15) is 0 Å². The summed E-state index contributed by atoms with van der Waals surface area (Å²) in [5.41, 5.74) is 1.07. The Bertz CT molecular complexity index is 658. The van der Waals surface area contributed by atoms with Crippen molar-refractivity contribution in [3.63, 3.8) is 0 Å². The molecule has 4 nitrogen and oxygen atoms in total. The molecule has 0 radical (unpaired) electrons. The number of hydrogen-bond donors (Lipinski definition) is 2. The van der Waals surface area contributed by atoms with Crippen LogP contribution < -0.4 is 5.32 Å². The average Bonchev–Trinajstić information content (AvgIpc) is 2.49. The minimum atomic E-state index is -0.534. The van der Waals surface area contributed by atoms with Crippen LogP contribution in [-0.2, 0) is 4.74 Å². The second kappa shape index (κ2) is 6.26. The van der Waals surface area contributed by atoms with E-state index in [1.807, 2.05) is 0 Å². The van der Waals surface area contributed by atoms with Crippen molar-refractivity contribution in [2.24, 2.45) is 0 Å². The number of rotatable bonds is 4. The third-order valence-corrected chi connectivity index (χ3v) is 3.16. The van der Waals surface area contributed by atoms with Crippen LogP contribution >= 0.6 is 0 Å². The predicted octanol–water partition coefficient (Wildman–Crippen LogP) is 3.49. The van der Waals surface area contributed by atoms with E-state index in [-0.39, 0.29) is 23.0 Å². The van der Waals surface area contributed by atoms with E-state index in [4.69, 9.17) is 0 Å². The number of esters is 1. The van der Waals surface area contributed by atoms with Gasteiger partial charge in [0, 0.05) is 5.56 Å². The Morgan fingerprint density at radius 1 is 1.29 bits per heavy atom. The second-order valence-electron chi connectivity index (χ2n) is 4.61. The number of phenols is 1. The molecule has 0 heterocycles. The molecule has 1 atom stereocenters. The number of carbonyl (C=O) groups is 1. The summed E-state index contributed by atoms with van der Waals surface area (Å²) in [6.45, 7) is 1.79. The van der Waals surface area contributed by atoms with E-state index in [2.05, 4.69) is 10.1 Å². The largest absolute Gasteiger partial charge is 0.508 e. The smallest absolute Gasteiger partial charge is 0.337 e. The van der Waals surface area contributed by atoms with Gasteiger partial charge in [-0.05, 0) is 31.2 Å². The van der Waals surface area contributed by atoms with Gasteiger partial charge in [-0.3, -0.25) is 0 Å². The summed E-state index contributed by atoms with van der Waals surface area (Å²) in [5, 5.41) is 12.7. The molecule has 1 unspecified atom stereocenters. The quantitative estimate of drug-likeness (QED) is 0.846. The first-order chi connectivity index (χ1) is 10.0. The molecule has 0 aliphatic rings. The molecule has 2 aromatic carbocycles. The molecule has 0 bridgehead atoms. The van der Waals surface area contributed by atoms with Gasteiger partial charge in [-0.15, -0.1) is 0 Å². The van der Waals surface area contributed by atoms with Crippen molar-refractivity contribution in [1.29, 1.82) is 0 Å². The molecule has 2 N–H and O–H groups in total. The van der Waals surface area contributed by atoms with Crippen LogP contribution in [0.5, 0.6) is 5.75 Å². The number of ether oxygens (including phenoxy) is 1. The maximum absolute atomic E-state index is 13.8. The summed E-state index contributed by atoms with van der Waals surface area (Å²) in [5.74, 6) is -0.889. The molecule has 0 aliphatic carbocycles. The van der Waals surface area contributed by atoms with Gasteiger partial charge in [0.25, 0.3) is 0 Å². The van der Waals surface area contributed by atoms with Crippen LogP contribution in [0.1, 0.15) is 28.9 Å². The van der Waals surface area contributed by atoms with Crippen LogP contribution in [0, 0.1) is 5.82 Å². The first-order valence-corrected chi connectivity index (χ1v) is 6.45. The first-order valence-electron chi connectivity index (χ1n) is 6.45. The van der Waals surface area contributed by atoms with Gasteiger partial charge < -0.3 is 15.2 Å².